The molecule has 30 heavy (non-hydrogen) atoms. The third-order valence-electron chi connectivity index (χ3n) is 5.51. The summed E-state index contributed by atoms with van der Waals surface area (Å²) in [6, 6.07) is 3.07. The number of nitrogens with zero attached hydrogens (tertiary/aromatic N) is 3. The second-order valence-corrected chi connectivity index (χ2v) is 7.84. The molecule has 1 saturated carbocycles. The number of rotatable bonds is 6. The van der Waals surface area contributed by atoms with E-state index >= 15 is 0 Å². The fourth-order valence-electron chi connectivity index (χ4n) is 3.65. The fourth-order valence-corrected chi connectivity index (χ4v) is 3.65. The van der Waals surface area contributed by atoms with Gasteiger partial charge in [-0.1, -0.05) is 6.07 Å². The molecule has 0 saturated heterocycles. The molecule has 0 spiro atoms. The third kappa shape index (κ3) is 3.67. The standard InChI is InChI=1S/C21H21F2N3O4/c1-24-11-25(9-12-2-3-12)21(30)18-20(29)19(28)15(10-26(18)24)17(27)7-5-13-4-6-14(22)8-16(13)23/h4,6,8,10,12,29H,2-3,5,7,9,11H2,1H3. The lowest BCUT2D eigenvalue weighted by molar-refractivity contribution is 0.0683. The van der Waals surface area contributed by atoms with E-state index < -0.39 is 34.5 Å². The molecule has 0 unspecified atom stereocenters. The number of ketones is 1. The number of carbonyl (C=O) groups is 2. The highest BCUT2D eigenvalue weighted by Gasteiger charge is 2.35. The largest absolute Gasteiger partial charge is 0.502 e. The van der Waals surface area contributed by atoms with Gasteiger partial charge in [0.1, 0.15) is 18.3 Å². The summed E-state index contributed by atoms with van der Waals surface area (Å²) >= 11 is 0. The number of aromatic hydroxyl groups is 1. The molecule has 0 bridgehead atoms. The molecule has 1 amide bonds. The van der Waals surface area contributed by atoms with Gasteiger partial charge in [0, 0.05) is 32.3 Å². The van der Waals surface area contributed by atoms with Crippen LogP contribution in [0, 0.1) is 17.6 Å². The van der Waals surface area contributed by atoms with Gasteiger partial charge < -0.3 is 10.0 Å². The third-order valence-corrected chi connectivity index (χ3v) is 5.51. The average molecular weight is 417 g/mol. The van der Waals surface area contributed by atoms with Crippen molar-refractivity contribution < 1.29 is 23.5 Å². The van der Waals surface area contributed by atoms with E-state index in [-0.39, 0.29) is 36.3 Å². The number of halogens is 2. The van der Waals surface area contributed by atoms with Crippen molar-refractivity contribution in [3.63, 3.8) is 0 Å². The predicted molar refractivity (Wildman–Crippen MR) is 104 cm³/mol. The summed E-state index contributed by atoms with van der Waals surface area (Å²) in [7, 11) is 1.68. The summed E-state index contributed by atoms with van der Waals surface area (Å²) in [5, 5.41) is 12.1. The van der Waals surface area contributed by atoms with E-state index in [1.807, 2.05) is 0 Å². The number of aryl methyl sites for hydroxylation is 1. The van der Waals surface area contributed by atoms with Crippen LogP contribution in [0.3, 0.4) is 0 Å². The fraction of sp³-hybridized carbons (Fsp3) is 0.381. The highest BCUT2D eigenvalue weighted by atomic mass is 19.1. The second kappa shape index (κ2) is 7.55. The van der Waals surface area contributed by atoms with E-state index in [1.54, 1.807) is 17.0 Å². The molecule has 158 valence electrons. The van der Waals surface area contributed by atoms with Gasteiger partial charge in [0.25, 0.3) is 5.91 Å². The molecule has 9 heteroatoms. The Bertz CT molecular complexity index is 1090. The molecule has 2 aliphatic rings. The van der Waals surface area contributed by atoms with Crippen LogP contribution in [0.15, 0.2) is 29.2 Å². The summed E-state index contributed by atoms with van der Waals surface area (Å²) in [4.78, 5) is 39.6. The predicted octanol–water partition coefficient (Wildman–Crippen LogP) is 2.04. The lowest BCUT2D eigenvalue weighted by Crippen LogP contribution is -2.53. The maximum absolute atomic E-state index is 13.8. The molecule has 1 N–H and O–H groups in total. The van der Waals surface area contributed by atoms with Crippen LogP contribution in [-0.4, -0.2) is 46.6 Å². The first-order chi connectivity index (χ1) is 14.3. The number of benzene rings is 1. The summed E-state index contributed by atoms with van der Waals surface area (Å²) in [6.45, 7) is 0.819. The van der Waals surface area contributed by atoms with E-state index in [0.29, 0.717) is 12.5 Å². The number of hydrogen-bond donors (Lipinski definition) is 1. The summed E-state index contributed by atoms with van der Waals surface area (Å²) < 4.78 is 28.1. The summed E-state index contributed by atoms with van der Waals surface area (Å²) in [6.07, 6.45) is 3.11. The zero-order valence-corrected chi connectivity index (χ0v) is 16.4. The van der Waals surface area contributed by atoms with Gasteiger partial charge in [-0.25, -0.2) is 8.78 Å². The Hall–Kier alpha value is -3.23. The molecular formula is C21H21F2N3O4. The Morgan fingerprint density at radius 1 is 1.23 bits per heavy atom. The van der Waals surface area contributed by atoms with Crippen molar-refractivity contribution in [2.45, 2.75) is 25.7 Å². The second-order valence-electron chi connectivity index (χ2n) is 7.84. The van der Waals surface area contributed by atoms with Gasteiger partial charge in [-0.15, -0.1) is 0 Å². The van der Waals surface area contributed by atoms with Crippen LogP contribution in [-0.2, 0) is 6.42 Å². The Morgan fingerprint density at radius 3 is 2.63 bits per heavy atom. The Labute approximate surface area is 171 Å². The monoisotopic (exact) mass is 417 g/mol. The smallest absolute Gasteiger partial charge is 0.277 e. The highest BCUT2D eigenvalue weighted by Crippen LogP contribution is 2.31. The first-order valence-corrected chi connectivity index (χ1v) is 9.72. The van der Waals surface area contributed by atoms with E-state index in [2.05, 4.69) is 0 Å². The molecule has 2 heterocycles. The Balaban J connectivity index is 1.60. The molecule has 1 aromatic heterocycles. The van der Waals surface area contributed by atoms with Crippen LogP contribution < -0.4 is 10.4 Å². The zero-order valence-electron chi connectivity index (χ0n) is 16.4. The minimum Gasteiger partial charge on any atom is -0.502 e. The van der Waals surface area contributed by atoms with E-state index in [1.165, 1.54) is 16.9 Å². The number of Topliss-reactive ketones (excluding diaryl/α,β-unsaturated/α-hetero) is 1. The van der Waals surface area contributed by atoms with E-state index in [9.17, 15) is 28.3 Å². The lowest BCUT2D eigenvalue weighted by atomic mass is 10.0. The quantitative estimate of drug-likeness (QED) is 0.728. The molecule has 1 aliphatic heterocycles. The molecule has 0 radical (unpaired) electrons. The summed E-state index contributed by atoms with van der Waals surface area (Å²) in [5.74, 6) is -2.88. The van der Waals surface area contributed by atoms with Crippen LogP contribution >= 0.6 is 0 Å². The van der Waals surface area contributed by atoms with Crippen LogP contribution in [0.4, 0.5) is 8.78 Å². The molecule has 0 atom stereocenters. The average Bonchev–Trinajstić information content (AvgIpc) is 3.51. The Kier molecular flexibility index (Phi) is 5.05. The van der Waals surface area contributed by atoms with Crippen molar-refractivity contribution in [1.29, 1.82) is 0 Å². The van der Waals surface area contributed by atoms with Crippen molar-refractivity contribution in [2.24, 2.45) is 5.92 Å². The number of carbonyl (C=O) groups excluding carboxylic acids is 2. The number of amides is 1. The molecule has 7 nitrogen and oxygen atoms in total. The number of fused-ring (bicyclic) bond motifs is 1. The topological polar surface area (TPSA) is 82.8 Å². The minimum atomic E-state index is -0.930. The molecule has 4 rings (SSSR count). The number of pyridine rings is 1. The number of aromatic nitrogens is 1. The van der Waals surface area contributed by atoms with Crippen molar-refractivity contribution in [3.8, 4) is 5.75 Å². The maximum atomic E-state index is 13.8. The SMILES string of the molecule is CN1CN(CC2CC2)C(=O)c2c(O)c(=O)c(C(=O)CCc3ccc(F)cc3F)cn21. The molecule has 1 aromatic carbocycles. The molecule has 1 aliphatic carbocycles. The first kappa shape index (κ1) is 20.1. The minimum absolute atomic E-state index is 0.0309. The van der Waals surface area contributed by atoms with Gasteiger partial charge in [-0.2, -0.15) is 0 Å². The van der Waals surface area contributed by atoms with Crippen LogP contribution in [0.1, 0.15) is 45.7 Å². The van der Waals surface area contributed by atoms with Gasteiger partial charge in [-0.3, -0.25) is 24.1 Å². The maximum Gasteiger partial charge on any atom is 0.277 e. The normalized spacial score (nSPS) is 16.0. The van der Waals surface area contributed by atoms with Crippen LogP contribution in [0.2, 0.25) is 0 Å². The van der Waals surface area contributed by atoms with Gasteiger partial charge in [-0.05, 0) is 36.8 Å². The van der Waals surface area contributed by atoms with Gasteiger partial charge in [0.2, 0.25) is 5.43 Å². The van der Waals surface area contributed by atoms with Gasteiger partial charge >= 0.3 is 0 Å². The zero-order chi connectivity index (χ0) is 21.6. The van der Waals surface area contributed by atoms with Crippen molar-refractivity contribution in [3.05, 3.63) is 63.1 Å². The van der Waals surface area contributed by atoms with Crippen LogP contribution in [0.25, 0.3) is 0 Å². The molecule has 2 aromatic rings. The van der Waals surface area contributed by atoms with Crippen molar-refractivity contribution >= 4 is 11.7 Å². The molecular weight excluding hydrogens is 396 g/mol. The van der Waals surface area contributed by atoms with Crippen molar-refractivity contribution in [1.82, 2.24) is 9.58 Å². The van der Waals surface area contributed by atoms with Gasteiger partial charge in [0.15, 0.2) is 17.2 Å². The first-order valence-electron chi connectivity index (χ1n) is 9.72. The Morgan fingerprint density at radius 2 is 1.97 bits per heavy atom. The summed E-state index contributed by atoms with van der Waals surface area (Å²) in [5.41, 5.74) is -1.24. The highest BCUT2D eigenvalue weighted by molar-refractivity contribution is 6.00. The van der Waals surface area contributed by atoms with E-state index in [0.717, 1.165) is 25.0 Å². The van der Waals surface area contributed by atoms with Gasteiger partial charge in [0.05, 0.1) is 5.56 Å². The van der Waals surface area contributed by atoms with Crippen molar-refractivity contribution in [2.75, 3.05) is 25.3 Å². The molecule has 1 fully saturated rings. The van der Waals surface area contributed by atoms with E-state index in [4.69, 9.17) is 0 Å². The number of hydrogen-bond acceptors (Lipinski definition) is 5. The van der Waals surface area contributed by atoms with Crippen LogP contribution in [0.5, 0.6) is 5.75 Å². The lowest BCUT2D eigenvalue weighted by Gasteiger charge is -2.37.